The Bertz CT molecular complexity index is 603. The molecule has 23 heavy (non-hydrogen) atoms. The number of para-hydroxylation sites is 1. The SMILES string of the molecule is C[C@@H]1CN(c2ccccc2CNCCc2cccnc2)CCO1. The molecule has 1 aromatic heterocycles. The molecule has 1 aliphatic heterocycles. The van der Waals surface area contributed by atoms with E-state index in [0.29, 0.717) is 6.10 Å². The molecule has 4 heteroatoms. The van der Waals surface area contributed by atoms with E-state index >= 15 is 0 Å². The van der Waals surface area contributed by atoms with Crippen LogP contribution in [-0.2, 0) is 17.7 Å². The van der Waals surface area contributed by atoms with Gasteiger partial charge in [0.25, 0.3) is 0 Å². The minimum absolute atomic E-state index is 0.301. The Hall–Kier alpha value is -1.91. The molecule has 1 aromatic carbocycles. The standard InChI is InChI=1S/C19H25N3O/c1-16-15-22(11-12-23-16)19-7-3-2-6-18(19)14-21-10-8-17-5-4-9-20-13-17/h2-7,9,13,16,21H,8,10-12,14-15H2,1H3/t16-/m1/s1. The lowest BCUT2D eigenvalue weighted by Gasteiger charge is -2.34. The van der Waals surface area contributed by atoms with Crippen LogP contribution in [0, 0.1) is 0 Å². The fourth-order valence-corrected chi connectivity index (χ4v) is 3.01. The molecule has 3 rings (SSSR count). The molecule has 2 heterocycles. The number of hydrogen-bond donors (Lipinski definition) is 1. The minimum Gasteiger partial charge on any atom is -0.375 e. The van der Waals surface area contributed by atoms with Crippen LogP contribution < -0.4 is 10.2 Å². The topological polar surface area (TPSA) is 37.4 Å². The predicted molar refractivity (Wildman–Crippen MR) is 93.7 cm³/mol. The third-order valence-corrected chi connectivity index (χ3v) is 4.20. The molecule has 0 saturated carbocycles. The number of benzene rings is 1. The van der Waals surface area contributed by atoms with Crippen LogP contribution in [-0.4, -0.2) is 37.3 Å². The van der Waals surface area contributed by atoms with Crippen LogP contribution in [0.15, 0.2) is 48.8 Å². The Kier molecular flexibility index (Phi) is 5.61. The quantitative estimate of drug-likeness (QED) is 0.832. The van der Waals surface area contributed by atoms with Crippen molar-refractivity contribution in [3.8, 4) is 0 Å². The zero-order valence-electron chi connectivity index (χ0n) is 13.7. The van der Waals surface area contributed by atoms with Crippen molar-refractivity contribution in [3.63, 3.8) is 0 Å². The van der Waals surface area contributed by atoms with Crippen molar-refractivity contribution in [2.24, 2.45) is 0 Å². The van der Waals surface area contributed by atoms with Crippen LogP contribution in [0.2, 0.25) is 0 Å². The fourth-order valence-electron chi connectivity index (χ4n) is 3.01. The van der Waals surface area contributed by atoms with Gasteiger partial charge in [0.05, 0.1) is 12.7 Å². The molecule has 1 saturated heterocycles. The number of morpholine rings is 1. The summed E-state index contributed by atoms with van der Waals surface area (Å²) in [5.41, 5.74) is 3.96. The summed E-state index contributed by atoms with van der Waals surface area (Å²) < 4.78 is 5.65. The highest BCUT2D eigenvalue weighted by atomic mass is 16.5. The van der Waals surface area contributed by atoms with Gasteiger partial charge in [0.1, 0.15) is 0 Å². The first-order valence-electron chi connectivity index (χ1n) is 8.37. The van der Waals surface area contributed by atoms with Crippen molar-refractivity contribution in [2.75, 3.05) is 31.1 Å². The third-order valence-electron chi connectivity index (χ3n) is 4.20. The summed E-state index contributed by atoms with van der Waals surface area (Å²) in [6, 6.07) is 12.8. The number of ether oxygens (including phenoxy) is 1. The van der Waals surface area contributed by atoms with Crippen molar-refractivity contribution >= 4 is 5.69 Å². The molecule has 4 nitrogen and oxygen atoms in total. The zero-order valence-corrected chi connectivity index (χ0v) is 13.7. The Morgan fingerprint density at radius 3 is 3.00 bits per heavy atom. The molecule has 1 atom stereocenters. The first-order valence-corrected chi connectivity index (χ1v) is 8.37. The van der Waals surface area contributed by atoms with Crippen molar-refractivity contribution in [3.05, 3.63) is 59.9 Å². The highest BCUT2D eigenvalue weighted by Crippen LogP contribution is 2.22. The van der Waals surface area contributed by atoms with Crippen LogP contribution in [0.5, 0.6) is 0 Å². The van der Waals surface area contributed by atoms with Gasteiger partial charge in [-0.1, -0.05) is 24.3 Å². The van der Waals surface area contributed by atoms with Crippen LogP contribution in [0.4, 0.5) is 5.69 Å². The summed E-state index contributed by atoms with van der Waals surface area (Å²) in [6.07, 6.45) is 5.06. The normalized spacial score (nSPS) is 18.1. The summed E-state index contributed by atoms with van der Waals surface area (Å²) >= 11 is 0. The van der Waals surface area contributed by atoms with Gasteiger partial charge in [0.15, 0.2) is 0 Å². The summed E-state index contributed by atoms with van der Waals surface area (Å²) in [5.74, 6) is 0. The molecular weight excluding hydrogens is 286 g/mol. The Morgan fingerprint density at radius 1 is 1.26 bits per heavy atom. The number of pyridine rings is 1. The number of rotatable bonds is 6. The van der Waals surface area contributed by atoms with Crippen LogP contribution >= 0.6 is 0 Å². The molecule has 0 spiro atoms. The van der Waals surface area contributed by atoms with E-state index in [0.717, 1.165) is 39.2 Å². The van der Waals surface area contributed by atoms with Gasteiger partial charge < -0.3 is 15.0 Å². The van der Waals surface area contributed by atoms with Gasteiger partial charge in [-0.2, -0.15) is 0 Å². The summed E-state index contributed by atoms with van der Waals surface area (Å²) in [4.78, 5) is 6.59. The summed E-state index contributed by atoms with van der Waals surface area (Å²) in [6.45, 7) is 6.73. The Balaban J connectivity index is 1.55. The molecule has 1 aliphatic rings. The van der Waals surface area contributed by atoms with Gasteiger partial charge in [0.2, 0.25) is 0 Å². The first kappa shape index (κ1) is 16.0. The lowest BCUT2D eigenvalue weighted by molar-refractivity contribution is 0.0531. The van der Waals surface area contributed by atoms with Crippen LogP contribution in [0.3, 0.4) is 0 Å². The highest BCUT2D eigenvalue weighted by Gasteiger charge is 2.18. The third kappa shape index (κ3) is 4.53. The van der Waals surface area contributed by atoms with E-state index in [-0.39, 0.29) is 0 Å². The average molecular weight is 311 g/mol. The maximum atomic E-state index is 5.65. The molecule has 1 fully saturated rings. The second-order valence-corrected chi connectivity index (χ2v) is 6.04. The smallest absolute Gasteiger partial charge is 0.0722 e. The van der Waals surface area contributed by atoms with E-state index in [1.165, 1.54) is 16.8 Å². The van der Waals surface area contributed by atoms with E-state index in [4.69, 9.17) is 4.74 Å². The minimum atomic E-state index is 0.301. The van der Waals surface area contributed by atoms with Crippen molar-refractivity contribution in [1.82, 2.24) is 10.3 Å². The maximum Gasteiger partial charge on any atom is 0.0722 e. The largest absolute Gasteiger partial charge is 0.375 e. The lowest BCUT2D eigenvalue weighted by atomic mass is 10.1. The molecule has 0 radical (unpaired) electrons. The van der Waals surface area contributed by atoms with E-state index in [9.17, 15) is 0 Å². The summed E-state index contributed by atoms with van der Waals surface area (Å²) in [5, 5.41) is 3.56. The molecule has 122 valence electrons. The first-order chi connectivity index (χ1) is 11.3. The van der Waals surface area contributed by atoms with Crippen molar-refractivity contribution in [2.45, 2.75) is 26.0 Å². The molecule has 0 unspecified atom stereocenters. The van der Waals surface area contributed by atoms with Gasteiger partial charge in [-0.3, -0.25) is 4.98 Å². The van der Waals surface area contributed by atoms with E-state index in [2.05, 4.69) is 52.5 Å². The molecule has 0 bridgehead atoms. The lowest BCUT2D eigenvalue weighted by Crippen LogP contribution is -2.41. The summed E-state index contributed by atoms with van der Waals surface area (Å²) in [7, 11) is 0. The van der Waals surface area contributed by atoms with Crippen LogP contribution in [0.25, 0.3) is 0 Å². The van der Waals surface area contributed by atoms with E-state index in [1.807, 2.05) is 18.5 Å². The van der Waals surface area contributed by atoms with Gasteiger partial charge in [-0.15, -0.1) is 0 Å². The molecule has 1 N–H and O–H groups in total. The molecule has 0 amide bonds. The monoisotopic (exact) mass is 311 g/mol. The van der Waals surface area contributed by atoms with Gasteiger partial charge in [0, 0.05) is 37.7 Å². The number of nitrogens with zero attached hydrogens (tertiary/aromatic N) is 2. The van der Waals surface area contributed by atoms with Gasteiger partial charge in [-0.25, -0.2) is 0 Å². The second-order valence-electron chi connectivity index (χ2n) is 6.04. The number of hydrogen-bond acceptors (Lipinski definition) is 4. The number of anilines is 1. The average Bonchev–Trinajstić information content (AvgIpc) is 2.60. The Labute approximate surface area is 138 Å². The van der Waals surface area contributed by atoms with E-state index < -0.39 is 0 Å². The van der Waals surface area contributed by atoms with E-state index in [1.54, 1.807) is 0 Å². The Morgan fingerprint density at radius 2 is 2.17 bits per heavy atom. The molecule has 2 aromatic rings. The zero-order chi connectivity index (χ0) is 15.9. The fraction of sp³-hybridized carbons (Fsp3) is 0.421. The number of nitrogens with one attached hydrogen (secondary N) is 1. The predicted octanol–water partition coefficient (Wildman–Crippen LogP) is 2.64. The molecule has 0 aliphatic carbocycles. The van der Waals surface area contributed by atoms with Gasteiger partial charge in [-0.05, 0) is 43.1 Å². The number of aromatic nitrogens is 1. The molecular formula is C19H25N3O. The maximum absolute atomic E-state index is 5.65. The van der Waals surface area contributed by atoms with Crippen molar-refractivity contribution in [1.29, 1.82) is 0 Å². The van der Waals surface area contributed by atoms with Crippen LogP contribution in [0.1, 0.15) is 18.1 Å². The van der Waals surface area contributed by atoms with Crippen molar-refractivity contribution < 1.29 is 4.74 Å². The second kappa shape index (κ2) is 8.09. The van der Waals surface area contributed by atoms with Gasteiger partial charge >= 0.3 is 0 Å². The highest BCUT2D eigenvalue weighted by molar-refractivity contribution is 5.54.